The number of rotatable bonds is 9. The predicted molar refractivity (Wildman–Crippen MR) is 134 cm³/mol. The van der Waals surface area contributed by atoms with E-state index >= 15 is 0 Å². The number of likely N-dealkylation sites (tertiary alicyclic amines) is 1. The molecule has 1 N–H and O–H groups in total. The third kappa shape index (κ3) is 6.05. The average Bonchev–Trinajstić information content (AvgIpc) is 3.29. The summed E-state index contributed by atoms with van der Waals surface area (Å²) in [4.78, 5) is 14.9. The quantitative estimate of drug-likeness (QED) is 0.433. The second kappa shape index (κ2) is 11.4. The molecule has 1 aliphatic rings. The summed E-state index contributed by atoms with van der Waals surface area (Å²) in [5.41, 5.74) is 1.51. The van der Waals surface area contributed by atoms with Gasteiger partial charge in [-0.25, -0.2) is 4.39 Å². The normalized spacial score (nSPS) is 15.7. The number of methoxy groups -OCH3 is 2. The fourth-order valence-corrected chi connectivity index (χ4v) is 4.97. The Morgan fingerprint density at radius 3 is 2.49 bits per heavy atom. The SMILES string of the molecule is COc1cc(OC)cc(-n2c(CNc3ccc(F)cc3)nnc2SCC(=O)N2CCCC[C@@H]2C)c1. The van der Waals surface area contributed by atoms with Crippen LogP contribution in [0.1, 0.15) is 32.0 Å². The van der Waals surface area contributed by atoms with E-state index in [1.165, 1.54) is 23.9 Å². The summed E-state index contributed by atoms with van der Waals surface area (Å²) in [6.07, 6.45) is 3.24. The van der Waals surface area contributed by atoms with Crippen LogP contribution in [-0.4, -0.2) is 58.1 Å². The van der Waals surface area contributed by atoms with Crippen LogP contribution in [0.25, 0.3) is 5.69 Å². The number of amides is 1. The van der Waals surface area contributed by atoms with Gasteiger partial charge in [-0.05, 0) is 50.5 Å². The number of piperidine rings is 1. The van der Waals surface area contributed by atoms with Gasteiger partial charge in [0.2, 0.25) is 5.91 Å². The first-order valence-corrected chi connectivity index (χ1v) is 12.6. The summed E-state index contributed by atoms with van der Waals surface area (Å²) in [5.74, 6) is 1.96. The number of carbonyl (C=O) groups is 1. The molecule has 1 aromatic heterocycles. The highest BCUT2D eigenvalue weighted by molar-refractivity contribution is 7.99. The Labute approximate surface area is 208 Å². The van der Waals surface area contributed by atoms with E-state index in [0.717, 1.165) is 37.2 Å². The first-order chi connectivity index (χ1) is 17.0. The molecule has 0 spiro atoms. The number of hydrogen-bond donors (Lipinski definition) is 1. The Balaban J connectivity index is 1.60. The molecular weight excluding hydrogens is 469 g/mol. The van der Waals surface area contributed by atoms with E-state index in [9.17, 15) is 9.18 Å². The molecule has 1 atom stereocenters. The highest BCUT2D eigenvalue weighted by Crippen LogP contribution is 2.30. The van der Waals surface area contributed by atoms with Crippen molar-refractivity contribution in [2.75, 3.05) is 31.8 Å². The van der Waals surface area contributed by atoms with Crippen LogP contribution < -0.4 is 14.8 Å². The maximum Gasteiger partial charge on any atom is 0.233 e. The second-order valence-electron chi connectivity index (χ2n) is 8.39. The molecule has 3 aromatic rings. The van der Waals surface area contributed by atoms with Crippen molar-refractivity contribution in [2.45, 2.75) is 43.9 Å². The minimum absolute atomic E-state index is 0.103. The molecule has 0 bridgehead atoms. The number of nitrogens with zero attached hydrogens (tertiary/aromatic N) is 4. The van der Waals surface area contributed by atoms with Gasteiger partial charge in [0.25, 0.3) is 0 Å². The van der Waals surface area contributed by atoms with E-state index in [2.05, 4.69) is 22.4 Å². The van der Waals surface area contributed by atoms with Gasteiger partial charge in [0.05, 0.1) is 32.2 Å². The Hall–Kier alpha value is -3.27. The van der Waals surface area contributed by atoms with Crippen LogP contribution >= 0.6 is 11.8 Å². The Morgan fingerprint density at radius 2 is 1.83 bits per heavy atom. The summed E-state index contributed by atoms with van der Waals surface area (Å²) >= 11 is 1.36. The molecule has 0 unspecified atom stereocenters. The number of carbonyl (C=O) groups excluding carboxylic acids is 1. The van der Waals surface area contributed by atoms with Gasteiger partial charge in [0.15, 0.2) is 11.0 Å². The molecule has 186 valence electrons. The van der Waals surface area contributed by atoms with Crippen molar-refractivity contribution in [3.05, 3.63) is 54.1 Å². The van der Waals surface area contributed by atoms with E-state index in [1.54, 1.807) is 32.4 Å². The van der Waals surface area contributed by atoms with E-state index < -0.39 is 0 Å². The van der Waals surface area contributed by atoms with E-state index in [-0.39, 0.29) is 23.5 Å². The van der Waals surface area contributed by atoms with Crippen LogP contribution in [0, 0.1) is 5.82 Å². The molecule has 1 fully saturated rings. The molecule has 10 heteroatoms. The standard InChI is InChI=1S/C25H30FN5O3S/c1-17-6-4-5-11-30(17)24(32)16-35-25-29-28-23(15-27-19-9-7-18(26)8-10-19)31(25)20-12-21(33-2)14-22(13-20)34-3/h7-10,12-14,17,27H,4-6,11,15-16H2,1-3H3/t17-/m0/s1. The number of benzene rings is 2. The number of hydrogen-bond acceptors (Lipinski definition) is 7. The number of halogens is 1. The van der Waals surface area contributed by atoms with Crippen molar-refractivity contribution in [1.29, 1.82) is 0 Å². The van der Waals surface area contributed by atoms with Crippen LogP contribution in [0.4, 0.5) is 10.1 Å². The van der Waals surface area contributed by atoms with Gasteiger partial charge in [0, 0.05) is 36.5 Å². The molecule has 1 aliphatic heterocycles. The van der Waals surface area contributed by atoms with Crippen LogP contribution in [-0.2, 0) is 11.3 Å². The fraction of sp³-hybridized carbons (Fsp3) is 0.400. The number of nitrogens with one attached hydrogen (secondary N) is 1. The molecule has 0 aliphatic carbocycles. The van der Waals surface area contributed by atoms with Crippen molar-refractivity contribution >= 4 is 23.4 Å². The highest BCUT2D eigenvalue weighted by atomic mass is 32.2. The number of anilines is 1. The predicted octanol–water partition coefficient (Wildman–Crippen LogP) is 4.53. The molecule has 1 amide bonds. The summed E-state index contributed by atoms with van der Waals surface area (Å²) in [7, 11) is 3.19. The summed E-state index contributed by atoms with van der Waals surface area (Å²) in [6, 6.07) is 11.9. The Bertz CT molecular complexity index is 1130. The molecule has 0 radical (unpaired) electrons. The van der Waals surface area contributed by atoms with Crippen molar-refractivity contribution in [3.8, 4) is 17.2 Å². The van der Waals surface area contributed by atoms with Crippen LogP contribution in [0.5, 0.6) is 11.5 Å². The second-order valence-corrected chi connectivity index (χ2v) is 9.33. The number of ether oxygens (including phenoxy) is 2. The van der Waals surface area contributed by atoms with E-state index in [0.29, 0.717) is 29.0 Å². The fourth-order valence-electron chi connectivity index (χ4n) is 4.12. The molecule has 2 aromatic carbocycles. The molecular formula is C25H30FN5O3S. The zero-order valence-corrected chi connectivity index (χ0v) is 21.0. The van der Waals surface area contributed by atoms with Gasteiger partial charge in [-0.1, -0.05) is 11.8 Å². The largest absolute Gasteiger partial charge is 0.497 e. The van der Waals surface area contributed by atoms with Crippen molar-refractivity contribution < 1.29 is 18.7 Å². The summed E-state index contributed by atoms with van der Waals surface area (Å²) in [6.45, 7) is 3.25. The zero-order valence-electron chi connectivity index (χ0n) is 20.2. The van der Waals surface area contributed by atoms with E-state index in [4.69, 9.17) is 9.47 Å². The van der Waals surface area contributed by atoms with Gasteiger partial charge >= 0.3 is 0 Å². The first kappa shape index (κ1) is 24.8. The monoisotopic (exact) mass is 499 g/mol. The summed E-state index contributed by atoms with van der Waals surface area (Å²) < 4.78 is 26.1. The molecule has 2 heterocycles. The first-order valence-electron chi connectivity index (χ1n) is 11.6. The molecule has 35 heavy (non-hydrogen) atoms. The number of aromatic nitrogens is 3. The molecule has 1 saturated heterocycles. The lowest BCUT2D eigenvalue weighted by Crippen LogP contribution is -2.43. The third-order valence-electron chi connectivity index (χ3n) is 6.04. The van der Waals surface area contributed by atoms with Crippen LogP contribution in [0.3, 0.4) is 0 Å². The molecule has 8 nitrogen and oxygen atoms in total. The van der Waals surface area contributed by atoms with Crippen molar-refractivity contribution in [1.82, 2.24) is 19.7 Å². The maximum atomic E-state index is 13.3. The maximum absolute atomic E-state index is 13.3. The zero-order chi connectivity index (χ0) is 24.8. The minimum Gasteiger partial charge on any atom is -0.497 e. The van der Waals surface area contributed by atoms with Crippen molar-refractivity contribution in [3.63, 3.8) is 0 Å². The van der Waals surface area contributed by atoms with E-state index in [1.807, 2.05) is 21.6 Å². The van der Waals surface area contributed by atoms with Gasteiger partial charge in [-0.2, -0.15) is 0 Å². The lowest BCUT2D eigenvalue weighted by molar-refractivity contribution is -0.131. The van der Waals surface area contributed by atoms with Crippen LogP contribution in [0.15, 0.2) is 47.6 Å². The lowest BCUT2D eigenvalue weighted by Gasteiger charge is -2.33. The topological polar surface area (TPSA) is 81.5 Å². The Morgan fingerprint density at radius 1 is 1.11 bits per heavy atom. The molecule has 0 saturated carbocycles. The number of thioether (sulfide) groups is 1. The third-order valence-corrected chi connectivity index (χ3v) is 6.95. The smallest absolute Gasteiger partial charge is 0.233 e. The summed E-state index contributed by atoms with van der Waals surface area (Å²) in [5, 5.41) is 12.6. The van der Waals surface area contributed by atoms with Crippen LogP contribution in [0.2, 0.25) is 0 Å². The Kier molecular flexibility index (Phi) is 8.12. The van der Waals surface area contributed by atoms with Gasteiger partial charge < -0.3 is 19.7 Å². The average molecular weight is 500 g/mol. The van der Waals surface area contributed by atoms with Gasteiger partial charge in [0.1, 0.15) is 17.3 Å². The molecule has 4 rings (SSSR count). The lowest BCUT2D eigenvalue weighted by atomic mass is 10.0. The highest BCUT2D eigenvalue weighted by Gasteiger charge is 2.24. The van der Waals surface area contributed by atoms with Gasteiger partial charge in [-0.3, -0.25) is 9.36 Å². The minimum atomic E-state index is -0.298. The van der Waals surface area contributed by atoms with Crippen molar-refractivity contribution in [2.24, 2.45) is 0 Å². The van der Waals surface area contributed by atoms with Gasteiger partial charge in [-0.15, -0.1) is 10.2 Å².